The van der Waals surface area contributed by atoms with Crippen LogP contribution in [0, 0.1) is 30.6 Å². The van der Waals surface area contributed by atoms with Crippen LogP contribution >= 0.6 is 12.0 Å². The zero-order valence-electron chi connectivity index (χ0n) is 11.6. The second-order valence-electron chi connectivity index (χ2n) is 5.94. The molecule has 1 saturated heterocycles. The molecule has 2 bridgehead atoms. The van der Waals surface area contributed by atoms with Crippen LogP contribution in [0.3, 0.4) is 0 Å². The number of hydrogen-bond acceptors (Lipinski definition) is 4. The minimum Gasteiger partial charge on any atom is -0.272 e. The van der Waals surface area contributed by atoms with Crippen LogP contribution in [0.25, 0.3) is 0 Å². The van der Waals surface area contributed by atoms with E-state index in [4.69, 9.17) is 4.28 Å². The average Bonchev–Trinajstić information content (AvgIpc) is 3.14. The van der Waals surface area contributed by atoms with Crippen molar-refractivity contribution >= 4 is 23.9 Å². The topological polar surface area (TPSA) is 46.6 Å². The smallest absolute Gasteiger partial charge is 0.259 e. The van der Waals surface area contributed by atoms with Crippen LogP contribution in [0.1, 0.15) is 12.0 Å². The van der Waals surface area contributed by atoms with Gasteiger partial charge in [0.1, 0.15) is 0 Å². The lowest BCUT2D eigenvalue weighted by atomic mass is 9.85. The first kappa shape index (κ1) is 13.1. The van der Waals surface area contributed by atoms with Crippen LogP contribution in [0.2, 0.25) is 0 Å². The highest BCUT2D eigenvalue weighted by atomic mass is 32.2. The molecule has 0 N–H and O–H groups in total. The standard InChI is InChI=1S/C16H15NO3S/c1-9-2-6-12(7-3-9)21-20-17-15(18)13-10-4-5-11(8-10)14(13)16(17)19/h2-7,10-11,13-14H,8H2,1H3. The molecule has 3 aliphatic rings. The SMILES string of the molecule is Cc1ccc(SON2C(=O)C3C4C=CC(C4)C3C2=O)cc1. The molecule has 21 heavy (non-hydrogen) atoms. The van der Waals surface area contributed by atoms with Crippen molar-refractivity contribution in [3.05, 3.63) is 42.0 Å². The molecule has 0 aromatic heterocycles. The Morgan fingerprint density at radius 1 is 1.05 bits per heavy atom. The van der Waals surface area contributed by atoms with Crippen molar-refractivity contribution < 1.29 is 13.9 Å². The van der Waals surface area contributed by atoms with E-state index < -0.39 is 0 Å². The molecule has 1 aliphatic heterocycles. The summed E-state index contributed by atoms with van der Waals surface area (Å²) < 4.78 is 5.44. The maximum atomic E-state index is 12.4. The largest absolute Gasteiger partial charge is 0.272 e. The van der Waals surface area contributed by atoms with Crippen LogP contribution in [-0.4, -0.2) is 16.9 Å². The van der Waals surface area contributed by atoms with E-state index in [-0.39, 0.29) is 35.5 Å². The molecule has 4 nitrogen and oxygen atoms in total. The number of nitrogens with zero attached hydrogens (tertiary/aromatic N) is 1. The van der Waals surface area contributed by atoms with Gasteiger partial charge in [-0.25, -0.2) is 0 Å². The number of hydroxylamine groups is 2. The average molecular weight is 301 g/mol. The lowest BCUT2D eigenvalue weighted by Gasteiger charge is -2.14. The number of carbonyl (C=O) groups excluding carboxylic acids is 2. The van der Waals surface area contributed by atoms with Gasteiger partial charge >= 0.3 is 0 Å². The molecule has 1 aromatic carbocycles. The third kappa shape index (κ3) is 1.95. The summed E-state index contributed by atoms with van der Waals surface area (Å²) in [5.41, 5.74) is 1.16. The number of aryl methyl sites for hydroxylation is 1. The molecule has 2 amide bonds. The van der Waals surface area contributed by atoms with E-state index in [1.54, 1.807) is 0 Å². The number of allylic oxidation sites excluding steroid dienone is 2. The van der Waals surface area contributed by atoms with Crippen LogP contribution in [-0.2, 0) is 13.9 Å². The van der Waals surface area contributed by atoms with Gasteiger partial charge in [0.2, 0.25) is 0 Å². The van der Waals surface area contributed by atoms with Crippen LogP contribution in [0.5, 0.6) is 0 Å². The van der Waals surface area contributed by atoms with E-state index in [1.165, 1.54) is 0 Å². The van der Waals surface area contributed by atoms with E-state index in [0.717, 1.165) is 34.0 Å². The molecule has 1 saturated carbocycles. The summed E-state index contributed by atoms with van der Waals surface area (Å²) in [5.74, 6) is -0.330. The third-order valence-corrected chi connectivity index (χ3v) is 5.35. The number of carbonyl (C=O) groups is 2. The van der Waals surface area contributed by atoms with Crippen molar-refractivity contribution in [3.8, 4) is 0 Å². The first-order valence-corrected chi connectivity index (χ1v) is 7.87. The molecule has 0 spiro atoms. The Hall–Kier alpha value is -1.59. The van der Waals surface area contributed by atoms with Gasteiger partial charge in [-0.05, 0) is 37.3 Å². The van der Waals surface area contributed by atoms with Gasteiger partial charge in [-0.1, -0.05) is 29.8 Å². The summed E-state index contributed by atoms with van der Waals surface area (Å²) in [6, 6.07) is 7.77. The van der Waals surface area contributed by atoms with Crippen molar-refractivity contribution in [1.82, 2.24) is 5.06 Å². The fourth-order valence-corrected chi connectivity index (χ4v) is 4.18. The normalized spacial score (nSPS) is 33.1. The Bertz CT molecular complexity index is 609. The molecular weight excluding hydrogens is 286 g/mol. The van der Waals surface area contributed by atoms with Crippen molar-refractivity contribution in [2.45, 2.75) is 18.2 Å². The number of amides is 2. The molecule has 1 heterocycles. The predicted octanol–water partition coefficient (Wildman–Crippen LogP) is 2.74. The number of rotatable bonds is 3. The van der Waals surface area contributed by atoms with E-state index in [1.807, 2.05) is 31.2 Å². The van der Waals surface area contributed by atoms with Gasteiger partial charge in [-0.3, -0.25) is 9.59 Å². The number of hydrogen-bond donors (Lipinski definition) is 0. The second-order valence-corrected chi connectivity index (χ2v) is 6.73. The van der Waals surface area contributed by atoms with Crippen molar-refractivity contribution in [2.24, 2.45) is 23.7 Å². The summed E-state index contributed by atoms with van der Waals surface area (Å²) in [6.07, 6.45) is 5.09. The highest BCUT2D eigenvalue weighted by Gasteiger charge is 2.60. The summed E-state index contributed by atoms with van der Waals surface area (Å²) >= 11 is 1.06. The van der Waals surface area contributed by atoms with Crippen molar-refractivity contribution in [2.75, 3.05) is 0 Å². The zero-order valence-corrected chi connectivity index (χ0v) is 12.4. The Morgan fingerprint density at radius 3 is 2.19 bits per heavy atom. The molecule has 2 aliphatic carbocycles. The summed E-state index contributed by atoms with van der Waals surface area (Å²) in [4.78, 5) is 25.7. The Balaban J connectivity index is 1.48. The van der Waals surface area contributed by atoms with E-state index in [2.05, 4.69) is 12.2 Å². The van der Waals surface area contributed by atoms with Gasteiger partial charge in [-0.2, -0.15) is 4.28 Å². The minimum absolute atomic E-state index is 0.179. The molecule has 4 unspecified atom stereocenters. The van der Waals surface area contributed by atoms with Gasteiger partial charge in [0.25, 0.3) is 11.8 Å². The van der Waals surface area contributed by atoms with Gasteiger partial charge in [0.05, 0.1) is 23.9 Å². The molecule has 2 fully saturated rings. The van der Waals surface area contributed by atoms with Gasteiger partial charge in [-0.15, -0.1) is 5.06 Å². The first-order chi connectivity index (χ1) is 10.1. The fourth-order valence-electron chi connectivity index (χ4n) is 3.62. The van der Waals surface area contributed by atoms with Crippen molar-refractivity contribution in [1.29, 1.82) is 0 Å². The fraction of sp³-hybridized carbons (Fsp3) is 0.375. The number of benzene rings is 1. The van der Waals surface area contributed by atoms with E-state index >= 15 is 0 Å². The maximum Gasteiger partial charge on any atom is 0.259 e. The quantitative estimate of drug-likeness (QED) is 0.489. The second kappa shape index (κ2) is 4.71. The van der Waals surface area contributed by atoms with Crippen LogP contribution in [0.15, 0.2) is 41.3 Å². The molecular formula is C16H15NO3S. The molecule has 108 valence electrons. The van der Waals surface area contributed by atoms with Crippen molar-refractivity contribution in [3.63, 3.8) is 0 Å². The molecule has 0 radical (unpaired) electrons. The zero-order chi connectivity index (χ0) is 14.6. The lowest BCUT2D eigenvalue weighted by molar-refractivity contribution is -0.164. The first-order valence-electron chi connectivity index (χ1n) is 7.12. The van der Waals surface area contributed by atoms with E-state index in [9.17, 15) is 9.59 Å². The predicted molar refractivity (Wildman–Crippen MR) is 77.7 cm³/mol. The van der Waals surface area contributed by atoms with E-state index in [0.29, 0.717) is 0 Å². The molecule has 4 rings (SSSR count). The highest BCUT2D eigenvalue weighted by molar-refractivity contribution is 7.94. The lowest BCUT2D eigenvalue weighted by Crippen LogP contribution is -2.31. The number of imide groups is 1. The highest BCUT2D eigenvalue weighted by Crippen LogP contribution is 2.52. The Morgan fingerprint density at radius 2 is 1.62 bits per heavy atom. The summed E-state index contributed by atoms with van der Waals surface area (Å²) in [7, 11) is 0. The minimum atomic E-state index is -0.203. The summed E-state index contributed by atoms with van der Waals surface area (Å²) in [5, 5.41) is 0.978. The summed E-state index contributed by atoms with van der Waals surface area (Å²) in [6.45, 7) is 2.01. The van der Waals surface area contributed by atoms with Gasteiger partial charge in [0.15, 0.2) is 0 Å². The Labute approximate surface area is 127 Å². The third-order valence-electron chi connectivity index (χ3n) is 4.66. The monoisotopic (exact) mass is 301 g/mol. The maximum absolute atomic E-state index is 12.4. The molecule has 1 aromatic rings. The Kier molecular flexibility index (Phi) is 2.94. The van der Waals surface area contributed by atoms with Gasteiger partial charge < -0.3 is 0 Å². The molecule has 5 heteroatoms. The van der Waals surface area contributed by atoms with Gasteiger partial charge in [0, 0.05) is 4.90 Å². The van der Waals surface area contributed by atoms with Crippen LogP contribution < -0.4 is 0 Å². The number of fused-ring (bicyclic) bond motifs is 5. The molecule has 4 atom stereocenters. The van der Waals surface area contributed by atoms with Crippen LogP contribution in [0.4, 0.5) is 0 Å².